The quantitative estimate of drug-likeness (QED) is 0.481. The lowest BCUT2D eigenvalue weighted by Crippen LogP contribution is -2.41. The number of esters is 1. The third kappa shape index (κ3) is 6.20. The smallest absolute Gasteiger partial charge is 0.338 e. The molecule has 3 rings (SSSR count). The molecule has 1 heterocycles. The summed E-state index contributed by atoms with van der Waals surface area (Å²) in [7, 11) is -2.40. The Labute approximate surface area is 190 Å². The van der Waals surface area contributed by atoms with Crippen LogP contribution >= 0.6 is 0 Å². The maximum Gasteiger partial charge on any atom is 0.338 e. The van der Waals surface area contributed by atoms with E-state index in [1.807, 2.05) is 5.32 Å². The molecule has 0 saturated heterocycles. The van der Waals surface area contributed by atoms with Crippen molar-refractivity contribution >= 4 is 33.6 Å². The van der Waals surface area contributed by atoms with Gasteiger partial charge in [0.2, 0.25) is 0 Å². The van der Waals surface area contributed by atoms with E-state index in [0.29, 0.717) is 11.4 Å². The second-order valence-electron chi connectivity index (χ2n) is 6.72. The predicted molar refractivity (Wildman–Crippen MR) is 118 cm³/mol. The Bertz CT molecular complexity index is 1210. The van der Waals surface area contributed by atoms with Crippen molar-refractivity contribution < 1.29 is 32.0 Å². The number of furan rings is 1. The van der Waals surface area contributed by atoms with Gasteiger partial charge in [-0.15, -0.1) is 0 Å². The molecule has 0 saturated carbocycles. The number of sulfonamides is 1. The number of carbonyl (C=O) groups excluding carboxylic acids is 3. The van der Waals surface area contributed by atoms with Gasteiger partial charge in [0.15, 0.2) is 6.61 Å². The maximum atomic E-state index is 12.8. The fraction of sp³-hybridized carbons (Fsp3) is 0.136. The molecule has 0 aliphatic rings. The number of ether oxygens (including phenoxy) is 1. The van der Waals surface area contributed by atoms with Gasteiger partial charge in [-0.25, -0.2) is 18.0 Å². The van der Waals surface area contributed by atoms with Crippen LogP contribution in [0.25, 0.3) is 0 Å². The van der Waals surface area contributed by atoms with Crippen LogP contribution in [0.2, 0.25) is 0 Å². The van der Waals surface area contributed by atoms with E-state index in [4.69, 9.17) is 9.15 Å². The van der Waals surface area contributed by atoms with Crippen molar-refractivity contribution in [1.82, 2.24) is 10.6 Å². The number of imide groups is 1. The van der Waals surface area contributed by atoms with Crippen LogP contribution in [0.4, 0.5) is 10.5 Å². The van der Waals surface area contributed by atoms with Crippen LogP contribution in [0.1, 0.15) is 16.1 Å². The molecule has 3 aromatic rings. The van der Waals surface area contributed by atoms with Crippen molar-refractivity contribution in [2.45, 2.75) is 11.4 Å². The average Bonchev–Trinajstić information content (AvgIpc) is 3.35. The van der Waals surface area contributed by atoms with E-state index in [2.05, 4.69) is 5.32 Å². The highest BCUT2D eigenvalue weighted by Gasteiger charge is 2.22. The van der Waals surface area contributed by atoms with Crippen LogP contribution in [0.5, 0.6) is 0 Å². The van der Waals surface area contributed by atoms with Gasteiger partial charge in [-0.05, 0) is 48.5 Å². The van der Waals surface area contributed by atoms with Gasteiger partial charge < -0.3 is 14.5 Å². The Morgan fingerprint density at radius 3 is 2.30 bits per heavy atom. The Hall–Kier alpha value is -4.12. The summed E-state index contributed by atoms with van der Waals surface area (Å²) in [6, 6.07) is 16.2. The molecular weight excluding hydrogens is 450 g/mol. The first-order valence-electron chi connectivity index (χ1n) is 9.68. The molecular formula is C22H21N3O7S. The zero-order valence-corrected chi connectivity index (χ0v) is 18.4. The molecule has 0 unspecified atom stereocenters. The Morgan fingerprint density at radius 2 is 1.67 bits per heavy atom. The first-order valence-corrected chi connectivity index (χ1v) is 11.1. The molecule has 0 atom stereocenters. The van der Waals surface area contributed by atoms with Crippen LogP contribution in [0, 0.1) is 0 Å². The molecule has 0 aliphatic carbocycles. The summed E-state index contributed by atoms with van der Waals surface area (Å²) in [5.41, 5.74) is 0.534. The molecule has 10 nitrogen and oxygen atoms in total. The average molecular weight is 471 g/mol. The zero-order valence-electron chi connectivity index (χ0n) is 17.6. The molecule has 0 radical (unpaired) electrons. The summed E-state index contributed by atoms with van der Waals surface area (Å²) in [5.74, 6) is -1.17. The lowest BCUT2D eigenvalue weighted by Gasteiger charge is -2.19. The van der Waals surface area contributed by atoms with Gasteiger partial charge >= 0.3 is 12.0 Å². The van der Waals surface area contributed by atoms with Crippen LogP contribution in [0.3, 0.4) is 0 Å². The van der Waals surface area contributed by atoms with Crippen molar-refractivity contribution in [3.05, 3.63) is 84.3 Å². The van der Waals surface area contributed by atoms with Crippen LogP contribution < -0.4 is 14.9 Å². The van der Waals surface area contributed by atoms with Gasteiger partial charge in [-0.1, -0.05) is 18.2 Å². The molecule has 0 fully saturated rings. The number of urea groups is 1. The number of nitrogens with one attached hydrogen (secondary N) is 2. The normalized spacial score (nSPS) is 10.8. The standard InChI is InChI=1S/C22H21N3O7S/c1-25(17-6-3-2-4-7-17)33(29,30)19-11-9-16(10-12-19)21(27)32-15-20(26)24-22(28)23-14-18-8-5-13-31-18/h2-13H,14-15H2,1H3,(H2,23,24,26,28). The number of benzene rings is 2. The monoisotopic (exact) mass is 471 g/mol. The molecule has 11 heteroatoms. The second-order valence-corrected chi connectivity index (χ2v) is 8.69. The second kappa shape index (κ2) is 10.5. The van der Waals surface area contributed by atoms with Crippen molar-refractivity contribution in [2.75, 3.05) is 18.0 Å². The summed E-state index contributed by atoms with van der Waals surface area (Å²) >= 11 is 0. The third-order valence-electron chi connectivity index (χ3n) is 4.46. The topological polar surface area (TPSA) is 135 Å². The highest BCUT2D eigenvalue weighted by atomic mass is 32.2. The molecule has 33 heavy (non-hydrogen) atoms. The van der Waals surface area contributed by atoms with Crippen molar-refractivity contribution in [3.63, 3.8) is 0 Å². The molecule has 3 amide bonds. The number of rotatable bonds is 8. The number of carbonyl (C=O) groups is 3. The summed E-state index contributed by atoms with van der Waals surface area (Å²) < 4.78 is 36.6. The number of nitrogens with zero attached hydrogens (tertiary/aromatic N) is 1. The number of hydrogen-bond acceptors (Lipinski definition) is 7. The van der Waals surface area contributed by atoms with Gasteiger partial charge in [-0.2, -0.15) is 0 Å². The van der Waals surface area contributed by atoms with E-state index in [9.17, 15) is 22.8 Å². The van der Waals surface area contributed by atoms with Crippen molar-refractivity contribution in [2.24, 2.45) is 0 Å². The lowest BCUT2D eigenvalue weighted by atomic mass is 10.2. The van der Waals surface area contributed by atoms with Crippen molar-refractivity contribution in [3.8, 4) is 0 Å². The maximum absolute atomic E-state index is 12.8. The minimum Gasteiger partial charge on any atom is -0.467 e. The molecule has 2 aromatic carbocycles. The molecule has 0 bridgehead atoms. The van der Waals surface area contributed by atoms with Gasteiger partial charge in [0.25, 0.3) is 15.9 Å². The fourth-order valence-corrected chi connectivity index (χ4v) is 3.90. The van der Waals surface area contributed by atoms with E-state index in [1.54, 1.807) is 42.5 Å². The van der Waals surface area contributed by atoms with Gasteiger partial charge in [-0.3, -0.25) is 14.4 Å². The Morgan fingerprint density at radius 1 is 0.970 bits per heavy atom. The predicted octanol–water partition coefficient (Wildman–Crippen LogP) is 2.29. The largest absolute Gasteiger partial charge is 0.467 e. The van der Waals surface area contributed by atoms with E-state index < -0.39 is 34.5 Å². The first kappa shape index (κ1) is 23.5. The molecule has 172 valence electrons. The minimum absolute atomic E-state index is 0.0172. The van der Waals surface area contributed by atoms with Crippen LogP contribution in [-0.2, 0) is 26.1 Å². The van der Waals surface area contributed by atoms with Crippen LogP contribution in [0.15, 0.2) is 82.3 Å². The van der Waals surface area contributed by atoms with Crippen LogP contribution in [-0.4, -0.2) is 40.0 Å². The number of amides is 3. The number of hydrogen-bond donors (Lipinski definition) is 2. The first-order chi connectivity index (χ1) is 15.8. The van der Waals surface area contributed by atoms with E-state index in [0.717, 1.165) is 4.31 Å². The molecule has 2 N–H and O–H groups in total. The van der Waals surface area contributed by atoms with E-state index in [1.165, 1.54) is 37.6 Å². The fourth-order valence-electron chi connectivity index (χ4n) is 2.70. The van der Waals surface area contributed by atoms with Gasteiger partial charge in [0.1, 0.15) is 5.76 Å². The Balaban J connectivity index is 1.51. The SMILES string of the molecule is CN(c1ccccc1)S(=O)(=O)c1ccc(C(=O)OCC(=O)NC(=O)NCc2ccco2)cc1. The van der Waals surface area contributed by atoms with Gasteiger partial charge in [0, 0.05) is 7.05 Å². The Kier molecular flexibility index (Phi) is 7.46. The van der Waals surface area contributed by atoms with E-state index >= 15 is 0 Å². The summed E-state index contributed by atoms with van der Waals surface area (Å²) in [4.78, 5) is 35.6. The molecule has 0 spiro atoms. The lowest BCUT2D eigenvalue weighted by molar-refractivity contribution is -0.123. The van der Waals surface area contributed by atoms with E-state index in [-0.39, 0.29) is 17.0 Å². The summed E-state index contributed by atoms with van der Waals surface area (Å²) in [5, 5.41) is 4.42. The molecule has 1 aromatic heterocycles. The number of anilines is 1. The van der Waals surface area contributed by atoms with Gasteiger partial charge in [0.05, 0.1) is 29.0 Å². The summed E-state index contributed by atoms with van der Waals surface area (Å²) in [6.07, 6.45) is 1.45. The highest BCUT2D eigenvalue weighted by Crippen LogP contribution is 2.22. The van der Waals surface area contributed by atoms with Crippen molar-refractivity contribution in [1.29, 1.82) is 0 Å². The summed E-state index contributed by atoms with van der Waals surface area (Å²) in [6.45, 7) is -0.607. The number of para-hydroxylation sites is 1. The highest BCUT2D eigenvalue weighted by molar-refractivity contribution is 7.92. The molecule has 0 aliphatic heterocycles. The minimum atomic E-state index is -3.83. The third-order valence-corrected chi connectivity index (χ3v) is 6.26. The zero-order chi connectivity index (χ0) is 23.8.